The van der Waals surface area contributed by atoms with Crippen LogP contribution in [0, 0.1) is 0 Å². The Morgan fingerprint density at radius 1 is 1.14 bits per heavy atom. The van der Waals surface area contributed by atoms with Crippen molar-refractivity contribution in [2.24, 2.45) is 0 Å². The highest BCUT2D eigenvalue weighted by Gasteiger charge is 2.64. The predicted octanol–water partition coefficient (Wildman–Crippen LogP) is 3.62. The lowest BCUT2D eigenvalue weighted by Gasteiger charge is -2.34. The van der Waals surface area contributed by atoms with Crippen LogP contribution in [0.4, 0.5) is 17.6 Å². The first kappa shape index (κ1) is 18.6. The number of ether oxygens (including phenoxy) is 1. The molecule has 1 aliphatic carbocycles. The zero-order valence-electron chi connectivity index (χ0n) is 11.7. The van der Waals surface area contributed by atoms with Crippen LogP contribution in [-0.4, -0.2) is 36.4 Å². The van der Waals surface area contributed by atoms with Crippen molar-refractivity contribution in [2.45, 2.75) is 68.6 Å². The topological polar surface area (TPSA) is 63.6 Å². The van der Waals surface area contributed by atoms with Gasteiger partial charge in [0.1, 0.15) is 0 Å². The van der Waals surface area contributed by atoms with E-state index in [9.17, 15) is 26.0 Å². The zero-order chi connectivity index (χ0) is 16.4. The number of alkyl halides is 4. The second-order valence-corrected chi connectivity index (χ2v) is 7.12. The first-order valence-corrected chi connectivity index (χ1v) is 8.22. The molecule has 1 rings (SSSR count). The maximum absolute atomic E-state index is 13.2. The summed E-state index contributed by atoms with van der Waals surface area (Å²) in [6.07, 6.45) is 2.78. The van der Waals surface area contributed by atoms with Gasteiger partial charge in [0, 0.05) is 13.0 Å². The van der Waals surface area contributed by atoms with Crippen molar-refractivity contribution in [1.29, 1.82) is 0 Å². The summed E-state index contributed by atoms with van der Waals surface area (Å²) in [7, 11) is -6.15. The van der Waals surface area contributed by atoms with E-state index in [1.807, 2.05) is 6.92 Å². The molecule has 0 aromatic carbocycles. The predicted molar refractivity (Wildman–Crippen MR) is 68.1 cm³/mol. The van der Waals surface area contributed by atoms with Crippen molar-refractivity contribution in [3.63, 3.8) is 0 Å². The van der Waals surface area contributed by atoms with E-state index in [0.29, 0.717) is 0 Å². The summed E-state index contributed by atoms with van der Waals surface area (Å²) in [5.41, 5.74) is -0.431. The maximum Gasteiger partial charge on any atom is 0.431 e. The van der Waals surface area contributed by atoms with Crippen LogP contribution >= 0.6 is 0 Å². The Labute approximate surface area is 121 Å². The van der Waals surface area contributed by atoms with Crippen molar-refractivity contribution < 1.29 is 35.3 Å². The smallest absolute Gasteiger partial charge is 0.375 e. The summed E-state index contributed by atoms with van der Waals surface area (Å²) >= 11 is 0. The van der Waals surface area contributed by atoms with E-state index >= 15 is 0 Å². The molecule has 0 saturated heterocycles. The van der Waals surface area contributed by atoms with Crippen molar-refractivity contribution in [1.82, 2.24) is 0 Å². The number of hydrogen-bond donors (Lipinski definition) is 1. The van der Waals surface area contributed by atoms with Crippen molar-refractivity contribution in [2.75, 3.05) is 6.61 Å². The fourth-order valence-corrected chi connectivity index (χ4v) is 2.87. The number of hydrogen-bond acceptors (Lipinski definition) is 3. The highest BCUT2D eigenvalue weighted by Crippen LogP contribution is 2.41. The van der Waals surface area contributed by atoms with Gasteiger partial charge in [-0.15, -0.1) is 0 Å². The van der Waals surface area contributed by atoms with Crippen LogP contribution in [0.1, 0.15) is 51.9 Å². The Morgan fingerprint density at radius 3 is 2.14 bits per heavy atom. The molecule has 21 heavy (non-hydrogen) atoms. The Morgan fingerprint density at radius 2 is 1.67 bits per heavy atom. The lowest BCUT2D eigenvalue weighted by Crippen LogP contribution is -2.46. The van der Waals surface area contributed by atoms with Gasteiger partial charge in [0.05, 0.1) is 5.60 Å². The summed E-state index contributed by atoms with van der Waals surface area (Å²) in [6, 6.07) is 0. The van der Waals surface area contributed by atoms with Gasteiger partial charge in [0.2, 0.25) is 0 Å². The third-order valence-corrected chi connectivity index (χ3v) is 4.69. The molecule has 1 N–H and O–H groups in total. The highest BCUT2D eigenvalue weighted by molar-refractivity contribution is 7.87. The monoisotopic (exact) mass is 336 g/mol. The lowest BCUT2D eigenvalue weighted by atomic mass is 9.86. The molecule has 0 bridgehead atoms. The Balaban J connectivity index is 2.47. The van der Waals surface area contributed by atoms with Crippen LogP contribution in [0.25, 0.3) is 0 Å². The van der Waals surface area contributed by atoms with Gasteiger partial charge in [0.15, 0.2) is 0 Å². The summed E-state index contributed by atoms with van der Waals surface area (Å²) in [5.74, 6) is -4.84. The van der Waals surface area contributed by atoms with Gasteiger partial charge in [-0.3, -0.25) is 4.55 Å². The van der Waals surface area contributed by atoms with E-state index in [4.69, 9.17) is 9.29 Å². The summed E-state index contributed by atoms with van der Waals surface area (Å²) in [5, 5.41) is -5.49. The molecule has 0 heterocycles. The average molecular weight is 336 g/mol. The Bertz CT molecular complexity index is 444. The van der Waals surface area contributed by atoms with Gasteiger partial charge >= 0.3 is 21.3 Å². The van der Waals surface area contributed by atoms with E-state index in [2.05, 4.69) is 0 Å². The van der Waals surface area contributed by atoms with Gasteiger partial charge in [-0.25, -0.2) is 0 Å². The summed E-state index contributed by atoms with van der Waals surface area (Å²) < 4.78 is 86.6. The molecule has 0 unspecified atom stereocenters. The largest absolute Gasteiger partial charge is 0.431 e. The molecular weight excluding hydrogens is 316 g/mol. The Kier molecular flexibility index (Phi) is 5.66. The van der Waals surface area contributed by atoms with Crippen LogP contribution in [0.2, 0.25) is 0 Å². The van der Waals surface area contributed by atoms with Gasteiger partial charge in [-0.1, -0.05) is 19.3 Å². The molecule has 0 spiro atoms. The van der Waals surface area contributed by atoms with Gasteiger partial charge in [0.25, 0.3) is 0 Å². The Hall–Kier alpha value is -0.410. The van der Waals surface area contributed by atoms with E-state index in [1.54, 1.807) is 0 Å². The van der Waals surface area contributed by atoms with Crippen LogP contribution in [0.15, 0.2) is 0 Å². The molecule has 9 heteroatoms. The minimum Gasteiger partial charge on any atom is -0.375 e. The molecule has 4 nitrogen and oxygen atoms in total. The summed E-state index contributed by atoms with van der Waals surface area (Å²) in [6.45, 7) is 1.69. The van der Waals surface area contributed by atoms with Crippen LogP contribution < -0.4 is 0 Å². The van der Waals surface area contributed by atoms with Crippen LogP contribution in [0.5, 0.6) is 0 Å². The third-order valence-electron chi connectivity index (χ3n) is 3.75. The zero-order valence-corrected chi connectivity index (χ0v) is 12.6. The molecule has 0 aromatic rings. The molecule has 0 aliphatic heterocycles. The molecule has 1 aliphatic rings. The standard InChI is InChI=1S/C12H20F4O4S/c1-10(6-3-2-4-7-10)20-9-5-8-11(13,14)12(15,16)21(17,18)19/h2-9H2,1H3,(H,17,18,19). The normalized spacial score (nSPS) is 20.5. The fourth-order valence-electron chi connectivity index (χ4n) is 2.39. The molecule has 0 atom stereocenters. The third kappa shape index (κ3) is 4.53. The maximum atomic E-state index is 13.2. The molecule has 1 fully saturated rings. The van der Waals surface area contributed by atoms with Crippen molar-refractivity contribution in [3.05, 3.63) is 0 Å². The van der Waals surface area contributed by atoms with E-state index < -0.39 is 39.7 Å². The second kappa shape index (κ2) is 6.37. The first-order chi connectivity index (χ1) is 9.41. The molecular formula is C12H20F4O4S. The minimum absolute atomic E-state index is 0.159. The SMILES string of the molecule is CC1(OCCCC(F)(F)C(F)(F)S(=O)(=O)O)CCCCC1. The van der Waals surface area contributed by atoms with Gasteiger partial charge < -0.3 is 4.74 Å². The van der Waals surface area contributed by atoms with Crippen molar-refractivity contribution in [3.8, 4) is 0 Å². The van der Waals surface area contributed by atoms with Gasteiger partial charge in [-0.2, -0.15) is 26.0 Å². The van der Waals surface area contributed by atoms with E-state index in [1.165, 1.54) is 0 Å². The molecule has 0 aromatic heterocycles. The number of rotatable bonds is 7. The van der Waals surface area contributed by atoms with Gasteiger partial charge in [-0.05, 0) is 26.2 Å². The van der Waals surface area contributed by atoms with E-state index in [-0.39, 0.29) is 6.61 Å². The van der Waals surface area contributed by atoms with Crippen molar-refractivity contribution >= 4 is 10.1 Å². The minimum atomic E-state index is -6.15. The molecule has 1 saturated carbocycles. The lowest BCUT2D eigenvalue weighted by molar-refractivity contribution is -0.168. The molecule has 126 valence electrons. The second-order valence-electron chi connectivity index (χ2n) is 5.66. The quantitative estimate of drug-likeness (QED) is 0.438. The summed E-state index contributed by atoms with van der Waals surface area (Å²) in [4.78, 5) is 0. The first-order valence-electron chi connectivity index (χ1n) is 6.78. The van der Waals surface area contributed by atoms with Crippen LogP contribution in [-0.2, 0) is 14.9 Å². The van der Waals surface area contributed by atoms with Crippen LogP contribution in [0.3, 0.4) is 0 Å². The number of halogens is 4. The highest BCUT2D eigenvalue weighted by atomic mass is 32.2. The molecule has 0 radical (unpaired) electrons. The average Bonchev–Trinajstić information content (AvgIpc) is 2.34. The fraction of sp³-hybridized carbons (Fsp3) is 1.00. The van der Waals surface area contributed by atoms with E-state index in [0.717, 1.165) is 32.1 Å². The molecule has 0 amide bonds.